The molecule has 0 heterocycles. The Kier molecular flexibility index (Phi) is 7.27. The summed E-state index contributed by atoms with van der Waals surface area (Å²) >= 11 is 0. The van der Waals surface area contributed by atoms with Crippen molar-refractivity contribution in [1.82, 2.24) is 5.43 Å². The fourth-order valence-corrected chi connectivity index (χ4v) is 2.53. The summed E-state index contributed by atoms with van der Waals surface area (Å²) in [4.78, 5) is 12.7. The minimum atomic E-state index is -1.24. The van der Waals surface area contributed by atoms with E-state index in [1.165, 1.54) is 6.21 Å². The van der Waals surface area contributed by atoms with Crippen LogP contribution in [0, 0.1) is 0 Å². The van der Waals surface area contributed by atoms with Crippen LogP contribution < -0.4 is 24.4 Å². The molecule has 1 amide bonds. The molecule has 1 N–H and O–H groups in total. The molecule has 3 aromatic rings. The second kappa shape index (κ2) is 10.5. The quantitative estimate of drug-likeness (QED) is 0.333. The van der Waals surface area contributed by atoms with Crippen molar-refractivity contribution in [2.75, 3.05) is 14.2 Å². The lowest BCUT2D eigenvalue weighted by atomic mass is 10.2. The molecule has 0 aromatic heterocycles. The van der Waals surface area contributed by atoms with Crippen molar-refractivity contribution >= 4 is 12.1 Å². The highest BCUT2D eigenvalue weighted by Gasteiger charge is 2.22. The second-order valence-electron chi connectivity index (χ2n) is 6.04. The number of hydrogen-bond acceptors (Lipinski definition) is 6. The normalized spacial score (nSPS) is 10.6. The highest BCUT2D eigenvalue weighted by molar-refractivity contribution is 5.86. The highest BCUT2D eigenvalue weighted by atomic mass is 16.7. The average molecular weight is 406 g/mol. The van der Waals surface area contributed by atoms with Crippen LogP contribution >= 0.6 is 0 Å². The number of rotatable bonds is 9. The standard InChI is InChI=1S/C23H22N2O5/c1-27-20-13-14-21(28-2)17(15-20)16-24-25-22(26)23(29-18-9-5-3-6-10-18)30-19-11-7-4-8-12-19/h3-16,23H,1-2H3,(H,25,26)/b24-16-. The van der Waals surface area contributed by atoms with E-state index in [0.717, 1.165) is 0 Å². The van der Waals surface area contributed by atoms with Crippen molar-refractivity contribution in [3.8, 4) is 23.0 Å². The number of benzene rings is 3. The molecular formula is C23H22N2O5. The van der Waals surface area contributed by atoms with Crippen LogP contribution in [-0.4, -0.2) is 32.6 Å². The number of para-hydroxylation sites is 2. The average Bonchev–Trinajstić information content (AvgIpc) is 2.80. The third kappa shape index (κ3) is 5.75. The van der Waals surface area contributed by atoms with Gasteiger partial charge in [-0.15, -0.1) is 0 Å². The molecule has 7 heteroatoms. The lowest BCUT2D eigenvalue weighted by Crippen LogP contribution is -2.40. The summed E-state index contributed by atoms with van der Waals surface area (Å²) < 4.78 is 21.9. The highest BCUT2D eigenvalue weighted by Crippen LogP contribution is 2.22. The Morgan fingerprint density at radius 1 is 0.833 bits per heavy atom. The number of ether oxygens (including phenoxy) is 4. The van der Waals surface area contributed by atoms with Crippen molar-refractivity contribution in [2.45, 2.75) is 6.29 Å². The number of nitrogens with one attached hydrogen (secondary N) is 1. The number of hydrazone groups is 1. The molecule has 154 valence electrons. The lowest BCUT2D eigenvalue weighted by molar-refractivity contribution is -0.140. The minimum absolute atomic E-state index is 0.493. The number of carbonyl (C=O) groups is 1. The van der Waals surface area contributed by atoms with Crippen LogP contribution in [-0.2, 0) is 4.79 Å². The van der Waals surface area contributed by atoms with Gasteiger partial charge in [-0.05, 0) is 42.5 Å². The van der Waals surface area contributed by atoms with Crippen molar-refractivity contribution in [3.63, 3.8) is 0 Å². The van der Waals surface area contributed by atoms with Gasteiger partial charge in [-0.25, -0.2) is 5.43 Å². The van der Waals surface area contributed by atoms with Gasteiger partial charge in [0.25, 0.3) is 0 Å². The number of carbonyl (C=O) groups excluding carboxylic acids is 1. The van der Waals surface area contributed by atoms with E-state index in [1.807, 2.05) is 12.1 Å². The Labute approximate surface area is 174 Å². The van der Waals surface area contributed by atoms with Gasteiger partial charge in [0, 0.05) is 5.56 Å². The van der Waals surface area contributed by atoms with E-state index < -0.39 is 12.2 Å². The van der Waals surface area contributed by atoms with Gasteiger partial charge >= 0.3 is 12.2 Å². The summed E-state index contributed by atoms with van der Waals surface area (Å²) in [5.41, 5.74) is 3.09. The van der Waals surface area contributed by atoms with Crippen LogP contribution in [0.3, 0.4) is 0 Å². The van der Waals surface area contributed by atoms with Crippen LogP contribution in [0.25, 0.3) is 0 Å². The van der Waals surface area contributed by atoms with E-state index in [4.69, 9.17) is 18.9 Å². The van der Waals surface area contributed by atoms with Crippen LogP contribution in [0.2, 0.25) is 0 Å². The summed E-state index contributed by atoms with van der Waals surface area (Å²) in [7, 11) is 3.12. The zero-order valence-electron chi connectivity index (χ0n) is 16.6. The predicted molar refractivity (Wildman–Crippen MR) is 113 cm³/mol. The molecular weight excluding hydrogens is 384 g/mol. The number of hydrogen-bond donors (Lipinski definition) is 1. The fraction of sp³-hybridized carbons (Fsp3) is 0.130. The Hall–Kier alpha value is -4.00. The van der Waals surface area contributed by atoms with Gasteiger partial charge < -0.3 is 18.9 Å². The third-order valence-corrected chi connectivity index (χ3v) is 4.00. The minimum Gasteiger partial charge on any atom is -0.497 e. The summed E-state index contributed by atoms with van der Waals surface area (Å²) in [6.07, 6.45) is 0.223. The van der Waals surface area contributed by atoms with Crippen LogP contribution in [0.1, 0.15) is 5.56 Å². The molecule has 7 nitrogen and oxygen atoms in total. The molecule has 0 aliphatic rings. The van der Waals surface area contributed by atoms with Crippen molar-refractivity contribution in [2.24, 2.45) is 5.10 Å². The maximum absolute atomic E-state index is 12.7. The van der Waals surface area contributed by atoms with Gasteiger partial charge in [0.2, 0.25) is 0 Å². The van der Waals surface area contributed by atoms with Crippen LogP contribution in [0.4, 0.5) is 0 Å². The zero-order chi connectivity index (χ0) is 21.2. The van der Waals surface area contributed by atoms with Crippen molar-refractivity contribution in [1.29, 1.82) is 0 Å². The molecule has 0 saturated heterocycles. The molecule has 0 radical (unpaired) electrons. The summed E-state index contributed by atoms with van der Waals surface area (Å²) in [5, 5.41) is 4.01. The first-order chi connectivity index (χ1) is 14.7. The number of nitrogens with zero attached hydrogens (tertiary/aromatic N) is 1. The van der Waals surface area contributed by atoms with Gasteiger partial charge in [0.05, 0.1) is 20.4 Å². The largest absolute Gasteiger partial charge is 0.497 e. The molecule has 0 atom stereocenters. The SMILES string of the molecule is COc1ccc(OC)c(/C=N\NC(=O)C(Oc2ccccc2)Oc2ccccc2)c1. The molecule has 0 unspecified atom stereocenters. The summed E-state index contributed by atoms with van der Waals surface area (Å²) in [6, 6.07) is 23.1. The summed E-state index contributed by atoms with van der Waals surface area (Å²) in [5.74, 6) is 1.65. The first kappa shape index (κ1) is 20.7. The monoisotopic (exact) mass is 406 g/mol. The van der Waals surface area contributed by atoms with E-state index in [2.05, 4.69) is 10.5 Å². The van der Waals surface area contributed by atoms with Crippen LogP contribution in [0.5, 0.6) is 23.0 Å². The Morgan fingerprint density at radius 2 is 1.43 bits per heavy atom. The van der Waals surface area contributed by atoms with Crippen molar-refractivity contribution in [3.05, 3.63) is 84.4 Å². The van der Waals surface area contributed by atoms with Gasteiger partial charge in [-0.3, -0.25) is 4.79 Å². The zero-order valence-corrected chi connectivity index (χ0v) is 16.6. The number of methoxy groups -OCH3 is 2. The molecule has 30 heavy (non-hydrogen) atoms. The first-order valence-corrected chi connectivity index (χ1v) is 9.18. The Bertz CT molecular complexity index is 936. The van der Waals surface area contributed by atoms with E-state index in [9.17, 15) is 4.79 Å². The molecule has 0 bridgehead atoms. The molecule has 3 rings (SSSR count). The Balaban J connectivity index is 1.73. The smallest absolute Gasteiger partial charge is 0.323 e. The fourth-order valence-electron chi connectivity index (χ4n) is 2.53. The maximum Gasteiger partial charge on any atom is 0.323 e. The first-order valence-electron chi connectivity index (χ1n) is 9.18. The second-order valence-corrected chi connectivity index (χ2v) is 6.04. The summed E-state index contributed by atoms with van der Waals surface area (Å²) in [6.45, 7) is 0. The van der Waals surface area contributed by atoms with Gasteiger partial charge in [0.1, 0.15) is 23.0 Å². The maximum atomic E-state index is 12.7. The third-order valence-electron chi connectivity index (χ3n) is 4.00. The van der Waals surface area contributed by atoms with Crippen molar-refractivity contribution < 1.29 is 23.7 Å². The topological polar surface area (TPSA) is 78.4 Å². The molecule has 0 saturated carbocycles. The molecule has 0 aliphatic heterocycles. The Morgan fingerprint density at radius 3 is 1.97 bits per heavy atom. The lowest BCUT2D eigenvalue weighted by Gasteiger charge is -2.18. The molecule has 0 spiro atoms. The van der Waals surface area contributed by atoms with E-state index in [-0.39, 0.29) is 0 Å². The van der Waals surface area contributed by atoms with E-state index in [1.54, 1.807) is 80.9 Å². The van der Waals surface area contributed by atoms with Gasteiger partial charge in [-0.1, -0.05) is 36.4 Å². The molecule has 3 aromatic carbocycles. The number of amides is 1. The molecule has 0 aliphatic carbocycles. The van der Waals surface area contributed by atoms with E-state index >= 15 is 0 Å². The molecule has 0 fully saturated rings. The van der Waals surface area contributed by atoms with Crippen LogP contribution in [0.15, 0.2) is 84.0 Å². The van der Waals surface area contributed by atoms with Gasteiger partial charge in [-0.2, -0.15) is 5.10 Å². The van der Waals surface area contributed by atoms with E-state index in [0.29, 0.717) is 28.6 Å². The predicted octanol–water partition coefficient (Wildman–Crippen LogP) is 3.64. The van der Waals surface area contributed by atoms with Gasteiger partial charge in [0.15, 0.2) is 0 Å².